The van der Waals surface area contributed by atoms with Crippen molar-refractivity contribution in [3.63, 3.8) is 0 Å². The molecule has 0 aromatic heterocycles. The van der Waals surface area contributed by atoms with E-state index in [1.54, 1.807) is 19.9 Å². The van der Waals surface area contributed by atoms with Crippen LogP contribution in [0.15, 0.2) is 23.1 Å². The fraction of sp³-hybridized carbons (Fsp3) is 0.579. The number of amides is 2. The molecule has 0 radical (unpaired) electrons. The van der Waals surface area contributed by atoms with Gasteiger partial charge in [0.1, 0.15) is 4.90 Å². The molecule has 2 amide bonds. The van der Waals surface area contributed by atoms with Crippen molar-refractivity contribution in [2.75, 3.05) is 0 Å². The Labute approximate surface area is 155 Å². The lowest BCUT2D eigenvalue weighted by molar-refractivity contribution is 0.0627. The van der Waals surface area contributed by atoms with Gasteiger partial charge < -0.3 is 4.90 Å². The zero-order valence-electron chi connectivity index (χ0n) is 15.9. The molecule has 26 heavy (non-hydrogen) atoms. The quantitative estimate of drug-likeness (QED) is 0.790. The summed E-state index contributed by atoms with van der Waals surface area (Å²) in [5.41, 5.74) is 0.468. The topological polar surface area (TPSA) is 74.8 Å². The summed E-state index contributed by atoms with van der Waals surface area (Å²) >= 11 is 0. The third kappa shape index (κ3) is 2.92. The highest BCUT2D eigenvalue weighted by atomic mass is 32.2. The highest BCUT2D eigenvalue weighted by molar-refractivity contribution is 7.90. The number of hydrogen-bond acceptors (Lipinski definition) is 4. The van der Waals surface area contributed by atoms with Crippen molar-refractivity contribution < 1.29 is 18.0 Å². The van der Waals surface area contributed by atoms with Gasteiger partial charge in [0.15, 0.2) is 0 Å². The number of rotatable bonds is 5. The second-order valence-electron chi connectivity index (χ2n) is 7.84. The first-order valence-corrected chi connectivity index (χ1v) is 10.6. The van der Waals surface area contributed by atoms with E-state index in [0.717, 1.165) is 17.1 Å². The van der Waals surface area contributed by atoms with Gasteiger partial charge in [-0.2, -0.15) is 0 Å². The van der Waals surface area contributed by atoms with Crippen LogP contribution in [-0.2, 0) is 10.0 Å². The van der Waals surface area contributed by atoms with Crippen molar-refractivity contribution in [3.05, 3.63) is 29.3 Å². The van der Waals surface area contributed by atoms with E-state index < -0.39 is 22.0 Å². The second-order valence-corrected chi connectivity index (χ2v) is 9.62. The standard InChI is InChI=1S/C19H26N2O4S/c1-11(2)13(5)20(15-7-8-15)18(22)14-6-9-16-17(10-14)26(24,25)21(12(3)4)19(16)23/h6,9-13,15H,7-8H2,1-5H3. The van der Waals surface area contributed by atoms with E-state index in [9.17, 15) is 18.0 Å². The van der Waals surface area contributed by atoms with Crippen molar-refractivity contribution >= 4 is 21.8 Å². The Morgan fingerprint density at radius 3 is 2.27 bits per heavy atom. The lowest BCUT2D eigenvalue weighted by Crippen LogP contribution is -2.43. The number of hydrogen-bond donors (Lipinski definition) is 0. The number of fused-ring (bicyclic) bond motifs is 1. The number of benzene rings is 1. The van der Waals surface area contributed by atoms with Crippen molar-refractivity contribution in [2.45, 2.75) is 70.5 Å². The van der Waals surface area contributed by atoms with Gasteiger partial charge in [-0.3, -0.25) is 9.59 Å². The lowest BCUT2D eigenvalue weighted by Gasteiger charge is -2.32. The lowest BCUT2D eigenvalue weighted by atomic mass is 10.0. The molecule has 2 aliphatic rings. The molecule has 1 heterocycles. The predicted molar refractivity (Wildman–Crippen MR) is 98.4 cm³/mol. The van der Waals surface area contributed by atoms with Crippen LogP contribution in [0.4, 0.5) is 0 Å². The van der Waals surface area contributed by atoms with Crippen LogP contribution in [0, 0.1) is 5.92 Å². The van der Waals surface area contributed by atoms with E-state index >= 15 is 0 Å². The molecule has 0 saturated heterocycles. The van der Waals surface area contributed by atoms with Crippen LogP contribution in [0.5, 0.6) is 0 Å². The summed E-state index contributed by atoms with van der Waals surface area (Å²) in [7, 11) is -3.90. The van der Waals surface area contributed by atoms with Crippen LogP contribution >= 0.6 is 0 Å². The van der Waals surface area contributed by atoms with E-state index in [0.29, 0.717) is 11.5 Å². The number of sulfonamides is 1. The van der Waals surface area contributed by atoms with Crippen LogP contribution in [0.2, 0.25) is 0 Å². The van der Waals surface area contributed by atoms with Crippen LogP contribution in [-0.4, -0.2) is 47.6 Å². The fourth-order valence-corrected chi connectivity index (χ4v) is 5.19. The van der Waals surface area contributed by atoms with Crippen molar-refractivity contribution in [1.82, 2.24) is 9.21 Å². The van der Waals surface area contributed by atoms with Gasteiger partial charge in [-0.25, -0.2) is 12.7 Å². The Balaban J connectivity index is 2.01. The van der Waals surface area contributed by atoms with Crippen molar-refractivity contribution in [3.8, 4) is 0 Å². The average molecular weight is 378 g/mol. The summed E-state index contributed by atoms with van der Waals surface area (Å²) in [6.45, 7) is 9.48. The maximum Gasteiger partial charge on any atom is 0.269 e. The van der Waals surface area contributed by atoms with Crippen LogP contribution in [0.3, 0.4) is 0 Å². The first-order chi connectivity index (χ1) is 12.1. The minimum Gasteiger partial charge on any atom is -0.333 e. The van der Waals surface area contributed by atoms with E-state index in [-0.39, 0.29) is 28.4 Å². The van der Waals surface area contributed by atoms with E-state index in [4.69, 9.17) is 0 Å². The molecule has 1 atom stereocenters. The van der Waals surface area contributed by atoms with Gasteiger partial charge >= 0.3 is 0 Å². The molecule has 0 bridgehead atoms. The molecule has 1 unspecified atom stereocenters. The maximum absolute atomic E-state index is 13.1. The van der Waals surface area contributed by atoms with Gasteiger partial charge in [-0.15, -0.1) is 0 Å². The minimum absolute atomic E-state index is 0.0602. The number of carbonyl (C=O) groups excluding carboxylic acids is 2. The van der Waals surface area contributed by atoms with Gasteiger partial charge in [0.05, 0.1) is 5.56 Å². The molecular formula is C19H26N2O4S. The zero-order chi connectivity index (χ0) is 19.4. The van der Waals surface area contributed by atoms with Gasteiger partial charge in [0.2, 0.25) is 0 Å². The molecule has 1 fully saturated rings. The molecule has 1 aromatic rings. The zero-order valence-corrected chi connectivity index (χ0v) is 16.7. The largest absolute Gasteiger partial charge is 0.333 e. The minimum atomic E-state index is -3.90. The third-order valence-corrected chi connectivity index (χ3v) is 7.24. The number of nitrogens with zero attached hydrogens (tertiary/aromatic N) is 2. The molecule has 1 aliphatic heterocycles. The van der Waals surface area contributed by atoms with E-state index in [1.165, 1.54) is 12.1 Å². The predicted octanol–water partition coefficient (Wildman–Crippen LogP) is 2.89. The smallest absolute Gasteiger partial charge is 0.269 e. The Morgan fingerprint density at radius 1 is 1.15 bits per heavy atom. The molecule has 1 aliphatic carbocycles. The summed E-state index contributed by atoms with van der Waals surface area (Å²) in [6.07, 6.45) is 1.96. The summed E-state index contributed by atoms with van der Waals surface area (Å²) in [4.78, 5) is 27.4. The highest BCUT2D eigenvalue weighted by Crippen LogP contribution is 2.35. The molecule has 3 rings (SSSR count). The van der Waals surface area contributed by atoms with Crippen LogP contribution in [0.1, 0.15) is 68.2 Å². The molecule has 1 aromatic carbocycles. The average Bonchev–Trinajstić information content (AvgIpc) is 3.35. The number of carbonyl (C=O) groups is 2. The van der Waals surface area contributed by atoms with Gasteiger partial charge in [0.25, 0.3) is 21.8 Å². The second kappa shape index (κ2) is 6.37. The van der Waals surface area contributed by atoms with Crippen LogP contribution in [0.25, 0.3) is 0 Å². The molecule has 0 N–H and O–H groups in total. The van der Waals surface area contributed by atoms with Crippen LogP contribution < -0.4 is 0 Å². The SMILES string of the molecule is CC(C)C(C)N(C(=O)c1ccc2c(c1)S(=O)(=O)N(C(C)C)C2=O)C1CC1. The third-order valence-electron chi connectivity index (χ3n) is 5.24. The van der Waals surface area contributed by atoms with E-state index in [1.807, 2.05) is 11.8 Å². The van der Waals surface area contributed by atoms with Crippen molar-refractivity contribution in [2.24, 2.45) is 5.92 Å². The fourth-order valence-electron chi connectivity index (χ4n) is 3.40. The molecule has 6 nitrogen and oxygen atoms in total. The molecule has 7 heteroatoms. The van der Waals surface area contributed by atoms with E-state index in [2.05, 4.69) is 13.8 Å². The molecule has 1 saturated carbocycles. The Morgan fingerprint density at radius 2 is 1.77 bits per heavy atom. The van der Waals surface area contributed by atoms with Gasteiger partial charge in [0, 0.05) is 23.7 Å². The first-order valence-electron chi connectivity index (χ1n) is 9.12. The molecular weight excluding hydrogens is 352 g/mol. The maximum atomic E-state index is 13.1. The van der Waals surface area contributed by atoms with Gasteiger partial charge in [-0.05, 0) is 57.7 Å². The molecule has 142 valence electrons. The molecule has 0 spiro atoms. The Bertz CT molecular complexity index is 856. The summed E-state index contributed by atoms with van der Waals surface area (Å²) < 4.78 is 26.4. The van der Waals surface area contributed by atoms with Crippen molar-refractivity contribution in [1.29, 1.82) is 0 Å². The summed E-state index contributed by atoms with van der Waals surface area (Å²) in [6, 6.07) is 4.22. The summed E-state index contributed by atoms with van der Waals surface area (Å²) in [5.74, 6) is -0.388. The Kier molecular flexibility index (Phi) is 4.63. The first kappa shape index (κ1) is 18.9. The van der Waals surface area contributed by atoms with Gasteiger partial charge in [-0.1, -0.05) is 13.8 Å². The monoisotopic (exact) mass is 378 g/mol. The highest BCUT2D eigenvalue weighted by Gasteiger charge is 2.44. The Hall–Kier alpha value is -1.89. The normalized spacial score (nSPS) is 19.8. The summed E-state index contributed by atoms with van der Waals surface area (Å²) in [5, 5.41) is 0.